The molecule has 186 valence electrons. The lowest BCUT2D eigenvalue weighted by atomic mass is 9.94. The van der Waals surface area contributed by atoms with E-state index in [9.17, 15) is 8.42 Å². The number of quaternary nitrogens is 1. The van der Waals surface area contributed by atoms with Gasteiger partial charge in [0.25, 0.3) is 5.89 Å². The Bertz CT molecular complexity index is 1300. The first-order valence-corrected chi connectivity index (χ1v) is 14.0. The number of benzene rings is 2. The fourth-order valence-corrected chi connectivity index (χ4v) is 5.25. The lowest BCUT2D eigenvalue weighted by Crippen LogP contribution is -2.69. The van der Waals surface area contributed by atoms with Crippen LogP contribution in [-0.4, -0.2) is 31.4 Å². The van der Waals surface area contributed by atoms with E-state index in [1.54, 1.807) is 0 Å². The van der Waals surface area contributed by atoms with E-state index in [1.165, 1.54) is 17.0 Å². The highest BCUT2D eigenvalue weighted by Crippen LogP contribution is 2.39. The predicted octanol–water partition coefficient (Wildman–Crippen LogP) is 4.28. The van der Waals surface area contributed by atoms with Gasteiger partial charge >= 0.3 is 0 Å². The van der Waals surface area contributed by atoms with Crippen molar-refractivity contribution in [3.05, 3.63) is 71.6 Å². The SMILES string of the molecule is CCCN(c1cc(/C=C\C2CC2C)cc(-c2nnc([C@](C)([NH3+])Cc3ccccc3)o2)c1)S(C)(=O)=O. The average Bonchev–Trinajstić information content (AvgIpc) is 3.28. The van der Waals surface area contributed by atoms with E-state index >= 15 is 0 Å². The van der Waals surface area contributed by atoms with Crippen molar-refractivity contribution in [2.45, 2.75) is 45.6 Å². The molecule has 1 aliphatic carbocycles. The molecule has 3 atom stereocenters. The van der Waals surface area contributed by atoms with Crippen LogP contribution in [0.5, 0.6) is 0 Å². The van der Waals surface area contributed by atoms with Crippen LogP contribution in [0.1, 0.15) is 50.6 Å². The molecule has 35 heavy (non-hydrogen) atoms. The lowest BCUT2D eigenvalue weighted by Gasteiger charge is -2.22. The van der Waals surface area contributed by atoms with Crippen molar-refractivity contribution in [3.63, 3.8) is 0 Å². The Morgan fingerprint density at radius 1 is 1.20 bits per heavy atom. The highest BCUT2D eigenvalue weighted by molar-refractivity contribution is 7.92. The standard InChI is InChI=1S/C27H34N4O3S/c1-5-13-31(35(4,32)33)24-16-21(11-12-22-14-19(22)2)15-23(17-24)25-29-30-26(34-25)27(3,28)18-20-9-7-6-8-10-20/h6-12,15-17,19,22H,5,13-14,18,28H2,1-4H3/p+1/b12-11-/t19?,22?,27-/m1/s1. The monoisotopic (exact) mass is 495 g/mol. The smallest absolute Gasteiger partial charge is 0.277 e. The summed E-state index contributed by atoms with van der Waals surface area (Å²) >= 11 is 0. The van der Waals surface area contributed by atoms with Crippen LogP contribution in [-0.2, 0) is 22.0 Å². The topological polar surface area (TPSA) is 104 Å². The van der Waals surface area contributed by atoms with Crippen molar-refractivity contribution in [2.24, 2.45) is 11.8 Å². The van der Waals surface area contributed by atoms with Gasteiger partial charge in [0.05, 0.1) is 11.9 Å². The summed E-state index contributed by atoms with van der Waals surface area (Å²) in [6.07, 6.45) is 8.04. The number of aromatic nitrogens is 2. The molecule has 0 amide bonds. The van der Waals surface area contributed by atoms with Crippen LogP contribution in [0.3, 0.4) is 0 Å². The minimum absolute atomic E-state index is 0.351. The summed E-state index contributed by atoms with van der Waals surface area (Å²) < 4.78 is 32.7. The minimum atomic E-state index is -3.44. The normalized spacial score (nSPS) is 19.6. The molecule has 0 bridgehead atoms. The third-order valence-corrected chi connectivity index (χ3v) is 7.58. The number of hydrogen-bond donors (Lipinski definition) is 1. The number of anilines is 1. The molecule has 0 saturated heterocycles. The Labute approximate surface area is 208 Å². The van der Waals surface area contributed by atoms with E-state index in [0.29, 0.717) is 54.3 Å². The Kier molecular flexibility index (Phi) is 7.15. The molecule has 2 unspecified atom stereocenters. The Morgan fingerprint density at radius 3 is 2.54 bits per heavy atom. The van der Waals surface area contributed by atoms with Gasteiger partial charge in [0, 0.05) is 25.5 Å². The molecule has 1 heterocycles. The van der Waals surface area contributed by atoms with Gasteiger partial charge in [-0.15, -0.1) is 10.2 Å². The van der Waals surface area contributed by atoms with Gasteiger partial charge in [-0.2, -0.15) is 0 Å². The molecule has 3 N–H and O–H groups in total. The van der Waals surface area contributed by atoms with Crippen molar-refractivity contribution >= 4 is 21.8 Å². The van der Waals surface area contributed by atoms with E-state index in [4.69, 9.17) is 4.42 Å². The van der Waals surface area contributed by atoms with Crippen LogP contribution in [0.4, 0.5) is 5.69 Å². The van der Waals surface area contributed by atoms with E-state index in [1.807, 2.05) is 50.2 Å². The van der Waals surface area contributed by atoms with Crippen LogP contribution < -0.4 is 10.0 Å². The molecule has 0 radical (unpaired) electrons. The molecular formula is C27H35N4O3S+. The summed E-state index contributed by atoms with van der Waals surface area (Å²) in [4.78, 5) is 0. The van der Waals surface area contributed by atoms with Gasteiger partial charge in [0.15, 0.2) is 5.54 Å². The minimum Gasteiger partial charge on any atom is -0.415 e. The highest BCUT2D eigenvalue weighted by atomic mass is 32.2. The Balaban J connectivity index is 1.70. The maximum Gasteiger partial charge on any atom is 0.277 e. The quantitative estimate of drug-likeness (QED) is 0.452. The maximum absolute atomic E-state index is 12.6. The summed E-state index contributed by atoms with van der Waals surface area (Å²) in [5.74, 6) is 2.06. The van der Waals surface area contributed by atoms with Gasteiger partial charge in [-0.25, -0.2) is 8.42 Å². The molecule has 1 saturated carbocycles. The van der Waals surface area contributed by atoms with Gasteiger partial charge in [-0.05, 0) is 54.0 Å². The molecule has 8 heteroatoms. The number of rotatable bonds is 10. The van der Waals surface area contributed by atoms with Crippen LogP contribution in [0.15, 0.2) is 59.0 Å². The van der Waals surface area contributed by atoms with Crippen molar-refractivity contribution in [3.8, 4) is 11.5 Å². The van der Waals surface area contributed by atoms with E-state index in [0.717, 1.165) is 11.1 Å². The number of sulfonamides is 1. The van der Waals surface area contributed by atoms with Crippen molar-refractivity contribution in [2.75, 3.05) is 17.1 Å². The first kappa shape index (κ1) is 25.1. The van der Waals surface area contributed by atoms with Crippen molar-refractivity contribution in [1.29, 1.82) is 0 Å². The molecule has 1 fully saturated rings. The number of nitrogens with zero attached hydrogens (tertiary/aromatic N) is 3. The first-order chi connectivity index (χ1) is 16.6. The van der Waals surface area contributed by atoms with Gasteiger partial charge in [0.2, 0.25) is 15.9 Å². The molecule has 1 aromatic heterocycles. The van der Waals surface area contributed by atoms with Gasteiger partial charge in [0.1, 0.15) is 0 Å². The van der Waals surface area contributed by atoms with Crippen LogP contribution >= 0.6 is 0 Å². The average molecular weight is 496 g/mol. The second-order valence-corrected chi connectivity index (χ2v) is 11.9. The third kappa shape index (κ3) is 6.18. The zero-order valence-electron chi connectivity index (χ0n) is 20.9. The second kappa shape index (κ2) is 9.95. The fraction of sp³-hybridized carbons (Fsp3) is 0.407. The number of allylic oxidation sites excluding steroid dienone is 1. The predicted molar refractivity (Wildman–Crippen MR) is 139 cm³/mol. The molecule has 1 aliphatic rings. The lowest BCUT2D eigenvalue weighted by molar-refractivity contribution is -0.487. The molecule has 0 aliphatic heterocycles. The fourth-order valence-electron chi connectivity index (χ4n) is 4.25. The van der Waals surface area contributed by atoms with Gasteiger partial charge in [-0.1, -0.05) is 56.3 Å². The van der Waals surface area contributed by atoms with Gasteiger partial charge in [-0.3, -0.25) is 4.31 Å². The summed E-state index contributed by atoms with van der Waals surface area (Å²) in [5.41, 5.74) is 7.05. The molecular weight excluding hydrogens is 460 g/mol. The van der Waals surface area contributed by atoms with Gasteiger partial charge < -0.3 is 10.2 Å². The Hall–Kier alpha value is -2.97. The van der Waals surface area contributed by atoms with Crippen LogP contribution in [0.2, 0.25) is 0 Å². The van der Waals surface area contributed by atoms with E-state index in [2.05, 4.69) is 47.1 Å². The molecule has 3 aromatic rings. The highest BCUT2D eigenvalue weighted by Gasteiger charge is 2.33. The summed E-state index contributed by atoms with van der Waals surface area (Å²) in [6.45, 7) is 6.57. The summed E-state index contributed by atoms with van der Waals surface area (Å²) in [5, 5.41) is 8.63. The first-order valence-electron chi connectivity index (χ1n) is 12.1. The van der Waals surface area contributed by atoms with Crippen LogP contribution in [0.25, 0.3) is 17.5 Å². The molecule has 2 aromatic carbocycles. The van der Waals surface area contributed by atoms with Crippen molar-refractivity contribution < 1.29 is 18.6 Å². The molecule has 7 nitrogen and oxygen atoms in total. The largest absolute Gasteiger partial charge is 0.415 e. The number of hydrogen-bond acceptors (Lipinski definition) is 5. The van der Waals surface area contributed by atoms with Crippen LogP contribution in [0, 0.1) is 11.8 Å². The summed E-state index contributed by atoms with van der Waals surface area (Å²) in [7, 11) is -3.44. The molecule has 4 rings (SSSR count). The van der Waals surface area contributed by atoms with Crippen molar-refractivity contribution in [1.82, 2.24) is 10.2 Å². The third-order valence-electron chi connectivity index (χ3n) is 6.39. The zero-order valence-corrected chi connectivity index (χ0v) is 21.8. The summed E-state index contributed by atoms with van der Waals surface area (Å²) in [6, 6.07) is 15.8. The van der Waals surface area contributed by atoms with E-state index < -0.39 is 15.6 Å². The Morgan fingerprint density at radius 2 is 1.91 bits per heavy atom. The molecule has 0 spiro atoms. The zero-order chi connectivity index (χ0) is 25.2. The van der Waals surface area contributed by atoms with E-state index in [-0.39, 0.29) is 0 Å². The maximum atomic E-state index is 12.6. The second-order valence-electron chi connectivity index (χ2n) is 10.0.